The highest BCUT2D eigenvalue weighted by Crippen LogP contribution is 2.29. The molecule has 1 unspecified atom stereocenters. The zero-order valence-electron chi connectivity index (χ0n) is 6.45. The van der Waals surface area contributed by atoms with Crippen LogP contribution in [0.25, 0.3) is 0 Å². The van der Waals surface area contributed by atoms with Gasteiger partial charge >= 0.3 is 0 Å². The van der Waals surface area contributed by atoms with Gasteiger partial charge in [-0.1, -0.05) is 0 Å². The van der Waals surface area contributed by atoms with Crippen LogP contribution in [0.2, 0.25) is 0 Å². The van der Waals surface area contributed by atoms with E-state index in [1.807, 2.05) is 12.4 Å². The second kappa shape index (κ2) is 2.59. The predicted molar refractivity (Wildman–Crippen MR) is 45.6 cm³/mol. The maximum absolute atomic E-state index is 9.59. The molecule has 0 aromatic carbocycles. The van der Waals surface area contributed by atoms with E-state index in [2.05, 4.69) is 11.0 Å². The van der Waals surface area contributed by atoms with Crippen LogP contribution >= 0.6 is 11.3 Å². The van der Waals surface area contributed by atoms with Crippen LogP contribution in [0.4, 0.5) is 0 Å². The highest BCUT2D eigenvalue weighted by Gasteiger charge is 2.21. The molecule has 0 amide bonds. The molecule has 0 radical (unpaired) electrons. The van der Waals surface area contributed by atoms with Gasteiger partial charge in [0.2, 0.25) is 0 Å². The van der Waals surface area contributed by atoms with E-state index in [1.54, 1.807) is 11.3 Å². The third-order valence-electron chi connectivity index (χ3n) is 2.01. The van der Waals surface area contributed by atoms with Crippen LogP contribution in [0, 0.1) is 0 Å². The van der Waals surface area contributed by atoms with Gasteiger partial charge in [0.25, 0.3) is 0 Å². The van der Waals surface area contributed by atoms with Gasteiger partial charge in [-0.25, -0.2) is 0 Å². The Labute approximate surface area is 70.1 Å². The second-order valence-corrected chi connectivity index (χ2v) is 3.97. The predicted octanol–water partition coefficient (Wildman–Crippen LogP) is 1.23. The van der Waals surface area contributed by atoms with Crippen molar-refractivity contribution in [1.82, 2.24) is 4.90 Å². The summed E-state index contributed by atoms with van der Waals surface area (Å²) in [5.74, 6) is 0. The van der Waals surface area contributed by atoms with Crippen LogP contribution in [0.15, 0.2) is 11.4 Å². The lowest BCUT2D eigenvalue weighted by atomic mass is 10.1. The third-order valence-corrected chi connectivity index (χ3v) is 3.07. The number of hydrogen-bond donors (Lipinski definition) is 1. The molecule has 3 heteroatoms. The molecule has 0 aliphatic carbocycles. The lowest BCUT2D eigenvalue weighted by Crippen LogP contribution is -2.28. The van der Waals surface area contributed by atoms with Gasteiger partial charge in [0, 0.05) is 18.0 Å². The van der Waals surface area contributed by atoms with Gasteiger partial charge in [0.1, 0.15) is 6.10 Å². The molecule has 2 nitrogen and oxygen atoms in total. The molecule has 0 saturated heterocycles. The SMILES string of the molecule is CN1Cc2ccsc2C(O)C1. The summed E-state index contributed by atoms with van der Waals surface area (Å²) in [5, 5.41) is 11.6. The van der Waals surface area contributed by atoms with E-state index >= 15 is 0 Å². The van der Waals surface area contributed by atoms with E-state index in [1.165, 1.54) is 5.56 Å². The molecule has 0 fully saturated rings. The fourth-order valence-electron chi connectivity index (χ4n) is 1.50. The first-order valence-electron chi connectivity index (χ1n) is 3.70. The van der Waals surface area contributed by atoms with E-state index in [0.29, 0.717) is 0 Å². The van der Waals surface area contributed by atoms with Gasteiger partial charge in [-0.05, 0) is 24.1 Å². The van der Waals surface area contributed by atoms with E-state index in [-0.39, 0.29) is 6.10 Å². The van der Waals surface area contributed by atoms with Crippen molar-refractivity contribution in [3.8, 4) is 0 Å². The van der Waals surface area contributed by atoms with Crippen molar-refractivity contribution in [1.29, 1.82) is 0 Å². The average molecular weight is 169 g/mol. The van der Waals surface area contributed by atoms with Gasteiger partial charge in [0.05, 0.1) is 0 Å². The second-order valence-electron chi connectivity index (χ2n) is 3.02. The summed E-state index contributed by atoms with van der Waals surface area (Å²) in [4.78, 5) is 3.29. The number of thiophene rings is 1. The smallest absolute Gasteiger partial charge is 0.101 e. The van der Waals surface area contributed by atoms with Crippen LogP contribution in [-0.4, -0.2) is 23.6 Å². The molecule has 2 heterocycles. The van der Waals surface area contributed by atoms with E-state index < -0.39 is 0 Å². The molecule has 1 atom stereocenters. The summed E-state index contributed by atoms with van der Waals surface area (Å²) in [6.45, 7) is 1.75. The molecular formula is C8H11NOS. The highest BCUT2D eigenvalue weighted by molar-refractivity contribution is 7.10. The fraction of sp³-hybridized carbons (Fsp3) is 0.500. The largest absolute Gasteiger partial charge is 0.386 e. The van der Waals surface area contributed by atoms with Crippen molar-refractivity contribution in [3.63, 3.8) is 0 Å². The summed E-state index contributed by atoms with van der Waals surface area (Å²) < 4.78 is 0. The number of hydrogen-bond acceptors (Lipinski definition) is 3. The van der Waals surface area contributed by atoms with Gasteiger partial charge in [0.15, 0.2) is 0 Å². The van der Waals surface area contributed by atoms with Crippen molar-refractivity contribution in [2.75, 3.05) is 13.6 Å². The number of nitrogens with zero attached hydrogens (tertiary/aromatic N) is 1. The first kappa shape index (κ1) is 7.28. The van der Waals surface area contributed by atoms with Gasteiger partial charge in [-0.3, -0.25) is 4.90 Å². The van der Waals surface area contributed by atoms with Gasteiger partial charge in [-0.2, -0.15) is 0 Å². The molecule has 1 aromatic heterocycles. The lowest BCUT2D eigenvalue weighted by molar-refractivity contribution is 0.111. The number of fused-ring (bicyclic) bond motifs is 1. The van der Waals surface area contributed by atoms with Crippen molar-refractivity contribution in [2.24, 2.45) is 0 Å². The van der Waals surface area contributed by atoms with Crippen LogP contribution in [0.3, 0.4) is 0 Å². The third kappa shape index (κ3) is 1.20. The van der Waals surface area contributed by atoms with E-state index in [9.17, 15) is 5.11 Å². The Kier molecular flexibility index (Phi) is 1.71. The molecule has 1 N–H and O–H groups in total. The average Bonchev–Trinajstić information content (AvgIpc) is 2.34. The first-order valence-corrected chi connectivity index (χ1v) is 4.58. The molecule has 11 heavy (non-hydrogen) atoms. The molecule has 0 saturated carbocycles. The number of aliphatic hydroxyl groups is 1. The number of rotatable bonds is 0. The minimum absolute atomic E-state index is 0.260. The normalized spacial score (nSPS) is 25.1. The Morgan fingerprint density at radius 2 is 2.55 bits per heavy atom. The van der Waals surface area contributed by atoms with Crippen LogP contribution in [-0.2, 0) is 6.54 Å². The van der Waals surface area contributed by atoms with Crippen molar-refractivity contribution in [3.05, 3.63) is 21.9 Å². The molecule has 0 spiro atoms. The standard InChI is InChI=1S/C8H11NOS/c1-9-4-6-2-3-11-8(6)7(10)5-9/h2-3,7,10H,4-5H2,1H3. The maximum Gasteiger partial charge on any atom is 0.101 e. The monoisotopic (exact) mass is 169 g/mol. The molecule has 0 bridgehead atoms. The fourth-order valence-corrected chi connectivity index (χ4v) is 2.40. The zero-order valence-corrected chi connectivity index (χ0v) is 7.27. The minimum Gasteiger partial charge on any atom is -0.386 e. The van der Waals surface area contributed by atoms with Gasteiger partial charge in [-0.15, -0.1) is 11.3 Å². The summed E-state index contributed by atoms with van der Waals surface area (Å²) >= 11 is 1.66. The summed E-state index contributed by atoms with van der Waals surface area (Å²) in [5.41, 5.74) is 1.29. The van der Waals surface area contributed by atoms with E-state index in [4.69, 9.17) is 0 Å². The summed E-state index contributed by atoms with van der Waals surface area (Å²) in [6, 6.07) is 2.10. The van der Waals surface area contributed by atoms with Crippen molar-refractivity contribution in [2.45, 2.75) is 12.6 Å². The molecule has 1 aliphatic heterocycles. The summed E-state index contributed by atoms with van der Waals surface area (Å²) in [7, 11) is 2.03. The topological polar surface area (TPSA) is 23.5 Å². The summed E-state index contributed by atoms with van der Waals surface area (Å²) in [6.07, 6.45) is -0.260. The first-order chi connectivity index (χ1) is 5.27. The Morgan fingerprint density at radius 3 is 3.36 bits per heavy atom. The Morgan fingerprint density at radius 1 is 1.73 bits per heavy atom. The van der Waals surface area contributed by atoms with Crippen molar-refractivity contribution >= 4 is 11.3 Å². The maximum atomic E-state index is 9.59. The van der Waals surface area contributed by atoms with Crippen LogP contribution in [0.5, 0.6) is 0 Å². The molecule has 1 aromatic rings. The van der Waals surface area contributed by atoms with Crippen molar-refractivity contribution < 1.29 is 5.11 Å². The number of likely N-dealkylation sites (N-methyl/N-ethyl adjacent to an activating group) is 1. The number of β-amino-alcohol motifs (C(OH)–C–C–N with tert-alkyl or cyclic N) is 1. The Bertz CT molecular complexity index is 258. The quantitative estimate of drug-likeness (QED) is 0.631. The molecular weight excluding hydrogens is 158 g/mol. The molecule has 2 rings (SSSR count). The van der Waals surface area contributed by atoms with E-state index in [0.717, 1.165) is 18.0 Å². The Balaban J connectivity index is 2.36. The Hall–Kier alpha value is -0.380. The zero-order chi connectivity index (χ0) is 7.84. The number of aliphatic hydroxyl groups excluding tert-OH is 1. The molecule has 1 aliphatic rings. The van der Waals surface area contributed by atoms with Crippen LogP contribution in [0.1, 0.15) is 16.5 Å². The highest BCUT2D eigenvalue weighted by atomic mass is 32.1. The minimum atomic E-state index is -0.260. The van der Waals surface area contributed by atoms with Gasteiger partial charge < -0.3 is 5.11 Å². The van der Waals surface area contributed by atoms with Crippen LogP contribution < -0.4 is 0 Å². The lowest BCUT2D eigenvalue weighted by Gasteiger charge is -2.26. The molecule has 60 valence electrons.